The summed E-state index contributed by atoms with van der Waals surface area (Å²) in [4.78, 5) is 4.46. The van der Waals surface area contributed by atoms with Gasteiger partial charge in [-0.2, -0.15) is 8.78 Å². The van der Waals surface area contributed by atoms with Crippen LogP contribution in [0.5, 0.6) is 0 Å². The Morgan fingerprint density at radius 2 is 1.59 bits per heavy atom. The van der Waals surface area contributed by atoms with E-state index in [4.69, 9.17) is 4.42 Å². The van der Waals surface area contributed by atoms with E-state index in [1.165, 1.54) is 6.07 Å². The lowest BCUT2D eigenvalue weighted by atomic mass is 9.96. The summed E-state index contributed by atoms with van der Waals surface area (Å²) in [6, 6.07) is 22.5. The van der Waals surface area contributed by atoms with Crippen molar-refractivity contribution in [3.63, 3.8) is 0 Å². The van der Waals surface area contributed by atoms with Crippen molar-refractivity contribution < 1.29 is 13.2 Å². The molecular weight excluding hydrogens is 368 g/mol. The molecule has 6 aromatic rings. The van der Waals surface area contributed by atoms with Crippen molar-refractivity contribution in [3.8, 4) is 11.3 Å². The minimum absolute atomic E-state index is 0.0345. The van der Waals surface area contributed by atoms with E-state index < -0.39 is 6.08 Å². The smallest absolute Gasteiger partial charge is 0.278 e. The number of nitrogens with zero attached hydrogens (tertiary/aromatic N) is 1. The van der Waals surface area contributed by atoms with Gasteiger partial charge >= 0.3 is 0 Å². The first-order valence-electron chi connectivity index (χ1n) is 9.28. The van der Waals surface area contributed by atoms with E-state index >= 15 is 0 Å². The second-order valence-corrected chi connectivity index (χ2v) is 7.08. The van der Waals surface area contributed by atoms with Crippen LogP contribution >= 0.6 is 0 Å². The molecule has 0 spiro atoms. The van der Waals surface area contributed by atoms with Gasteiger partial charge in [0.2, 0.25) is 0 Å². The summed E-state index contributed by atoms with van der Waals surface area (Å²) < 4.78 is 33.3. The van der Waals surface area contributed by atoms with Crippen molar-refractivity contribution in [2.45, 2.75) is 0 Å². The zero-order valence-corrected chi connectivity index (χ0v) is 15.1. The molecule has 0 aliphatic heterocycles. The number of benzene rings is 4. The molecule has 29 heavy (non-hydrogen) atoms. The van der Waals surface area contributed by atoms with E-state index in [0.717, 1.165) is 43.8 Å². The Bertz CT molecular complexity index is 1610. The largest absolute Gasteiger partial charge is 0.455 e. The lowest BCUT2D eigenvalue weighted by Gasteiger charge is -2.06. The number of hydrogen-bond donors (Lipinski definition) is 0. The van der Waals surface area contributed by atoms with Crippen LogP contribution in [0.15, 0.2) is 83.4 Å². The number of para-hydroxylation sites is 1. The van der Waals surface area contributed by atoms with Gasteiger partial charge < -0.3 is 4.42 Å². The molecule has 0 aliphatic rings. The van der Waals surface area contributed by atoms with Crippen LogP contribution in [-0.4, -0.2) is 4.98 Å². The Morgan fingerprint density at radius 1 is 0.724 bits per heavy atom. The van der Waals surface area contributed by atoms with Gasteiger partial charge in [0.1, 0.15) is 11.2 Å². The maximum absolute atomic E-state index is 13.5. The Kier molecular flexibility index (Phi) is 3.27. The highest BCUT2D eigenvalue weighted by Gasteiger charge is 2.17. The van der Waals surface area contributed by atoms with E-state index in [1.807, 2.05) is 54.6 Å². The quantitative estimate of drug-likeness (QED) is 0.318. The SMILES string of the molecule is FC(F)=c1ccc2c3oc4c(-c5ccccn5)cccc4c3cc3cccc1c32. The van der Waals surface area contributed by atoms with Crippen molar-refractivity contribution in [2.75, 3.05) is 0 Å². The molecule has 0 saturated heterocycles. The van der Waals surface area contributed by atoms with Crippen molar-refractivity contribution in [3.05, 3.63) is 84.2 Å². The number of halogens is 2. The Morgan fingerprint density at radius 3 is 2.41 bits per heavy atom. The average Bonchev–Trinajstić information content (AvgIpc) is 3.13. The summed E-state index contributed by atoms with van der Waals surface area (Å²) in [6.45, 7) is 0. The maximum Gasteiger partial charge on any atom is 0.278 e. The third-order valence-corrected chi connectivity index (χ3v) is 5.52. The summed E-state index contributed by atoms with van der Waals surface area (Å²) in [7, 11) is 0. The van der Waals surface area contributed by atoms with Gasteiger partial charge in [-0.25, -0.2) is 0 Å². The first-order chi connectivity index (χ1) is 14.2. The van der Waals surface area contributed by atoms with Crippen molar-refractivity contribution in [1.82, 2.24) is 4.98 Å². The molecule has 4 aromatic carbocycles. The van der Waals surface area contributed by atoms with Crippen LogP contribution in [-0.2, 0) is 0 Å². The van der Waals surface area contributed by atoms with Crippen molar-refractivity contribution in [1.29, 1.82) is 0 Å². The van der Waals surface area contributed by atoms with Crippen molar-refractivity contribution in [2.24, 2.45) is 0 Å². The van der Waals surface area contributed by atoms with E-state index in [9.17, 15) is 8.78 Å². The van der Waals surface area contributed by atoms with Gasteiger partial charge in [-0.15, -0.1) is 0 Å². The molecule has 2 nitrogen and oxygen atoms in total. The number of hydrogen-bond acceptors (Lipinski definition) is 2. The fourth-order valence-electron chi connectivity index (χ4n) is 4.27. The van der Waals surface area contributed by atoms with E-state index in [2.05, 4.69) is 4.98 Å². The Hall–Kier alpha value is -3.79. The second kappa shape index (κ2) is 5.85. The summed E-state index contributed by atoms with van der Waals surface area (Å²) >= 11 is 0. The number of pyridine rings is 1. The van der Waals surface area contributed by atoms with Crippen LogP contribution < -0.4 is 5.22 Å². The molecule has 0 atom stereocenters. The number of fused-ring (bicyclic) bond motifs is 4. The highest BCUT2D eigenvalue weighted by atomic mass is 19.3. The molecule has 0 saturated carbocycles. The minimum atomic E-state index is -1.68. The van der Waals surface area contributed by atoms with Crippen molar-refractivity contribution >= 4 is 49.6 Å². The van der Waals surface area contributed by atoms with Gasteiger partial charge in [0.15, 0.2) is 0 Å². The zero-order valence-electron chi connectivity index (χ0n) is 15.1. The van der Waals surface area contributed by atoms with Crippen LogP contribution in [0.4, 0.5) is 8.78 Å². The predicted octanol–water partition coefficient (Wildman–Crippen LogP) is 6.68. The van der Waals surface area contributed by atoms with Crippen LogP contribution in [0.3, 0.4) is 0 Å². The molecule has 2 heterocycles. The molecule has 4 heteroatoms. The molecule has 0 bridgehead atoms. The molecule has 0 aliphatic carbocycles. The summed E-state index contributed by atoms with van der Waals surface area (Å²) in [5, 5.41) is 5.00. The third kappa shape index (κ3) is 2.23. The van der Waals surface area contributed by atoms with Crippen LogP contribution in [0, 0.1) is 0 Å². The first kappa shape index (κ1) is 16.2. The first-order valence-corrected chi connectivity index (χ1v) is 9.28. The summed E-state index contributed by atoms with van der Waals surface area (Å²) in [5.74, 6) is 0. The van der Waals surface area contributed by atoms with Gasteiger partial charge in [-0.3, -0.25) is 4.98 Å². The normalized spacial score (nSPS) is 11.8. The lowest BCUT2D eigenvalue weighted by molar-refractivity contribution is 0.542. The fourth-order valence-corrected chi connectivity index (χ4v) is 4.27. The molecule has 138 valence electrons. The number of rotatable bonds is 1. The Balaban J connectivity index is 1.83. The fraction of sp³-hybridized carbons (Fsp3) is 0. The highest BCUT2D eigenvalue weighted by Crippen LogP contribution is 2.40. The van der Waals surface area contributed by atoms with E-state index in [1.54, 1.807) is 18.3 Å². The average molecular weight is 381 g/mol. The molecule has 0 N–H and O–H groups in total. The molecular formula is C25H13F2NO. The molecule has 0 fully saturated rings. The van der Waals surface area contributed by atoms with Gasteiger partial charge in [0.05, 0.1) is 5.69 Å². The third-order valence-electron chi connectivity index (χ3n) is 5.52. The molecule has 0 amide bonds. The molecule has 6 rings (SSSR count). The number of furan rings is 1. The van der Waals surface area contributed by atoms with Gasteiger partial charge in [-0.1, -0.05) is 36.4 Å². The Labute approximate surface area is 163 Å². The zero-order chi connectivity index (χ0) is 19.5. The molecule has 2 aromatic heterocycles. The van der Waals surface area contributed by atoms with E-state index in [0.29, 0.717) is 11.0 Å². The van der Waals surface area contributed by atoms with Crippen LogP contribution in [0.1, 0.15) is 0 Å². The standard InChI is InChI=1S/C25H13F2NO/c26-25(27)17-10-11-19-22-14(5-3-6-15(17)22)13-20-16-7-4-8-18(23(16)29-24(19)20)21-9-1-2-12-28-21/h1-13H. The van der Waals surface area contributed by atoms with Crippen LogP contribution in [0.25, 0.3) is 60.8 Å². The molecule has 0 unspecified atom stereocenters. The summed E-state index contributed by atoms with van der Waals surface area (Å²) in [5.41, 5.74) is 3.20. The topological polar surface area (TPSA) is 26.0 Å². The van der Waals surface area contributed by atoms with Gasteiger partial charge in [-0.05, 0) is 47.2 Å². The van der Waals surface area contributed by atoms with Gasteiger partial charge in [0, 0.05) is 38.5 Å². The monoisotopic (exact) mass is 381 g/mol. The summed E-state index contributed by atoms with van der Waals surface area (Å²) in [6.07, 6.45) is 0.0741. The molecule has 0 radical (unpaired) electrons. The predicted molar refractivity (Wildman–Crippen MR) is 113 cm³/mol. The minimum Gasteiger partial charge on any atom is -0.455 e. The lowest BCUT2D eigenvalue weighted by Crippen LogP contribution is -2.03. The number of aromatic nitrogens is 1. The maximum atomic E-state index is 13.5. The van der Waals surface area contributed by atoms with E-state index in [-0.39, 0.29) is 5.22 Å². The second-order valence-electron chi connectivity index (χ2n) is 7.08. The van der Waals surface area contributed by atoms with Gasteiger partial charge in [0.25, 0.3) is 6.08 Å². The van der Waals surface area contributed by atoms with Crippen LogP contribution in [0.2, 0.25) is 0 Å². The highest BCUT2D eigenvalue weighted by molar-refractivity contribution is 6.25.